The van der Waals surface area contributed by atoms with Gasteiger partial charge in [-0.15, -0.1) is 0 Å². The zero-order chi connectivity index (χ0) is 13.8. The van der Waals surface area contributed by atoms with Gasteiger partial charge in [-0.2, -0.15) is 0 Å². The molecule has 2 aromatic rings. The Bertz CT molecular complexity index is 602. The third-order valence-electron chi connectivity index (χ3n) is 2.28. The molecule has 2 aromatic carbocycles. The van der Waals surface area contributed by atoms with Crippen LogP contribution in [0.25, 0.3) is 0 Å². The fourth-order valence-electron chi connectivity index (χ4n) is 1.41. The molecule has 0 atom stereocenters. The van der Waals surface area contributed by atoms with E-state index in [9.17, 15) is 4.39 Å². The molecule has 98 valence electrons. The van der Waals surface area contributed by atoms with Crippen LogP contribution in [0, 0.1) is 5.82 Å². The van der Waals surface area contributed by atoms with Crippen LogP contribution >= 0.6 is 44.1 Å². The monoisotopic (exact) mass is 402 g/mol. The van der Waals surface area contributed by atoms with E-state index in [1.54, 1.807) is 12.1 Å². The maximum atomic E-state index is 13.6. The lowest BCUT2D eigenvalue weighted by atomic mass is 10.3. The molecule has 0 saturated carbocycles. The SMILES string of the molecule is Fc1cc(Br)ccc1NC(=S)Nc1ccc(Br)cc1. The number of halogens is 3. The summed E-state index contributed by atoms with van der Waals surface area (Å²) < 4.78 is 15.3. The van der Waals surface area contributed by atoms with E-state index in [1.807, 2.05) is 24.3 Å². The standard InChI is InChI=1S/C13H9Br2FN2S/c14-8-1-4-10(5-2-8)17-13(19)18-12-6-3-9(15)7-11(12)16/h1-7H,(H2,17,18,19). The molecule has 0 unspecified atom stereocenters. The summed E-state index contributed by atoms with van der Waals surface area (Å²) in [4.78, 5) is 0. The largest absolute Gasteiger partial charge is 0.332 e. The Morgan fingerprint density at radius 2 is 1.58 bits per heavy atom. The van der Waals surface area contributed by atoms with Crippen LogP contribution in [-0.4, -0.2) is 5.11 Å². The Hall–Kier alpha value is -0.980. The van der Waals surface area contributed by atoms with Crippen molar-refractivity contribution < 1.29 is 4.39 Å². The van der Waals surface area contributed by atoms with Gasteiger partial charge in [0.05, 0.1) is 5.69 Å². The molecule has 0 aliphatic rings. The molecular formula is C13H9Br2FN2S. The molecule has 0 aliphatic carbocycles. The third-order valence-corrected chi connectivity index (χ3v) is 3.51. The molecule has 0 bridgehead atoms. The van der Waals surface area contributed by atoms with Gasteiger partial charge in [0, 0.05) is 14.6 Å². The van der Waals surface area contributed by atoms with Crippen LogP contribution < -0.4 is 10.6 Å². The molecule has 6 heteroatoms. The molecule has 0 amide bonds. The summed E-state index contributed by atoms with van der Waals surface area (Å²) in [5.74, 6) is -0.366. The Morgan fingerprint density at radius 3 is 2.21 bits per heavy atom. The minimum Gasteiger partial charge on any atom is -0.332 e. The minimum atomic E-state index is -0.366. The smallest absolute Gasteiger partial charge is 0.175 e. The van der Waals surface area contributed by atoms with Gasteiger partial charge in [-0.3, -0.25) is 0 Å². The predicted molar refractivity (Wildman–Crippen MR) is 88.1 cm³/mol. The Labute approximate surface area is 132 Å². The molecule has 0 saturated heterocycles. The molecule has 2 rings (SSSR count). The highest BCUT2D eigenvalue weighted by molar-refractivity contribution is 9.10. The summed E-state index contributed by atoms with van der Waals surface area (Å²) in [6, 6.07) is 12.3. The van der Waals surface area contributed by atoms with Gasteiger partial charge >= 0.3 is 0 Å². The summed E-state index contributed by atoms with van der Waals surface area (Å²) >= 11 is 11.7. The first-order valence-corrected chi connectivity index (χ1v) is 7.32. The van der Waals surface area contributed by atoms with Crippen LogP contribution in [0.5, 0.6) is 0 Å². The van der Waals surface area contributed by atoms with Crippen molar-refractivity contribution in [1.29, 1.82) is 0 Å². The average Bonchev–Trinajstić information content (AvgIpc) is 2.36. The highest BCUT2D eigenvalue weighted by Gasteiger charge is 2.05. The van der Waals surface area contributed by atoms with E-state index >= 15 is 0 Å². The van der Waals surface area contributed by atoms with Gasteiger partial charge in [0.2, 0.25) is 0 Å². The first-order chi connectivity index (χ1) is 9.04. The molecular weight excluding hydrogens is 395 g/mol. The minimum absolute atomic E-state index is 0.331. The highest BCUT2D eigenvalue weighted by atomic mass is 79.9. The van der Waals surface area contributed by atoms with Crippen molar-refractivity contribution in [2.24, 2.45) is 0 Å². The van der Waals surface area contributed by atoms with Crippen LogP contribution in [0.15, 0.2) is 51.4 Å². The molecule has 0 spiro atoms. The van der Waals surface area contributed by atoms with Crippen LogP contribution in [0.2, 0.25) is 0 Å². The molecule has 0 aromatic heterocycles. The Balaban J connectivity index is 2.03. The van der Waals surface area contributed by atoms with Gasteiger partial charge in [-0.1, -0.05) is 31.9 Å². The first kappa shape index (κ1) is 14.4. The molecule has 19 heavy (non-hydrogen) atoms. The maximum absolute atomic E-state index is 13.6. The second-order valence-corrected chi connectivity index (χ2v) is 5.95. The Kier molecular flexibility index (Phi) is 4.90. The zero-order valence-corrected chi connectivity index (χ0v) is 13.6. The number of thiocarbonyl (C=S) groups is 1. The lowest BCUT2D eigenvalue weighted by Gasteiger charge is -2.11. The van der Waals surface area contributed by atoms with Crippen LogP contribution in [0.4, 0.5) is 15.8 Å². The first-order valence-electron chi connectivity index (χ1n) is 5.33. The van der Waals surface area contributed by atoms with Crippen molar-refractivity contribution in [3.8, 4) is 0 Å². The average molecular weight is 404 g/mol. The fourth-order valence-corrected chi connectivity index (χ4v) is 2.23. The van der Waals surface area contributed by atoms with Crippen LogP contribution in [0.1, 0.15) is 0 Å². The number of rotatable bonds is 2. The third kappa shape index (κ3) is 4.26. The quantitative estimate of drug-likeness (QED) is 0.677. The summed E-state index contributed by atoms with van der Waals surface area (Å²) in [6.45, 7) is 0. The molecule has 0 radical (unpaired) electrons. The summed E-state index contributed by atoms with van der Waals surface area (Å²) in [6.07, 6.45) is 0. The van der Waals surface area contributed by atoms with Crippen LogP contribution in [-0.2, 0) is 0 Å². The molecule has 2 N–H and O–H groups in total. The predicted octanol–water partition coefficient (Wildman–Crippen LogP) is 5.16. The van der Waals surface area contributed by atoms with Crippen LogP contribution in [0.3, 0.4) is 0 Å². The van der Waals surface area contributed by atoms with Crippen molar-refractivity contribution in [1.82, 2.24) is 0 Å². The van der Waals surface area contributed by atoms with E-state index in [2.05, 4.69) is 42.5 Å². The maximum Gasteiger partial charge on any atom is 0.175 e. The summed E-state index contributed by atoms with van der Waals surface area (Å²) in [5, 5.41) is 6.13. The van der Waals surface area contributed by atoms with E-state index < -0.39 is 0 Å². The summed E-state index contributed by atoms with van der Waals surface area (Å²) in [7, 11) is 0. The van der Waals surface area contributed by atoms with Gasteiger partial charge in [-0.05, 0) is 54.7 Å². The number of anilines is 2. The van der Waals surface area contributed by atoms with E-state index in [1.165, 1.54) is 6.07 Å². The molecule has 2 nitrogen and oxygen atoms in total. The number of hydrogen-bond donors (Lipinski definition) is 2. The number of nitrogens with one attached hydrogen (secondary N) is 2. The lowest BCUT2D eigenvalue weighted by molar-refractivity contribution is 0.631. The fraction of sp³-hybridized carbons (Fsp3) is 0. The van der Waals surface area contributed by atoms with Gasteiger partial charge in [-0.25, -0.2) is 4.39 Å². The van der Waals surface area contributed by atoms with E-state index in [-0.39, 0.29) is 5.82 Å². The lowest BCUT2D eigenvalue weighted by Crippen LogP contribution is -2.19. The van der Waals surface area contributed by atoms with E-state index in [4.69, 9.17) is 12.2 Å². The van der Waals surface area contributed by atoms with Gasteiger partial charge in [0.15, 0.2) is 5.11 Å². The topological polar surface area (TPSA) is 24.1 Å². The zero-order valence-electron chi connectivity index (χ0n) is 9.58. The normalized spacial score (nSPS) is 10.1. The number of benzene rings is 2. The Morgan fingerprint density at radius 1 is 0.947 bits per heavy atom. The highest BCUT2D eigenvalue weighted by Crippen LogP contribution is 2.20. The molecule has 0 heterocycles. The molecule has 0 fully saturated rings. The number of hydrogen-bond acceptors (Lipinski definition) is 1. The molecule has 0 aliphatic heterocycles. The van der Waals surface area contributed by atoms with E-state index in [0.717, 1.165) is 10.2 Å². The van der Waals surface area contributed by atoms with Crippen molar-refractivity contribution in [2.75, 3.05) is 10.6 Å². The van der Waals surface area contributed by atoms with Gasteiger partial charge in [0.1, 0.15) is 5.82 Å². The van der Waals surface area contributed by atoms with Crippen molar-refractivity contribution in [2.45, 2.75) is 0 Å². The summed E-state index contributed by atoms with van der Waals surface area (Å²) in [5.41, 5.74) is 1.16. The second-order valence-electron chi connectivity index (χ2n) is 3.71. The van der Waals surface area contributed by atoms with Gasteiger partial charge in [0.25, 0.3) is 0 Å². The van der Waals surface area contributed by atoms with Gasteiger partial charge < -0.3 is 10.6 Å². The van der Waals surface area contributed by atoms with Crippen molar-refractivity contribution >= 4 is 60.6 Å². The van der Waals surface area contributed by atoms with E-state index in [0.29, 0.717) is 15.3 Å². The van der Waals surface area contributed by atoms with Crippen molar-refractivity contribution in [3.63, 3.8) is 0 Å². The van der Waals surface area contributed by atoms with Crippen molar-refractivity contribution in [3.05, 3.63) is 57.2 Å². The second kappa shape index (κ2) is 6.45.